The second-order valence-electron chi connectivity index (χ2n) is 7.85. The zero-order valence-corrected chi connectivity index (χ0v) is 17.0. The molecular formula is C22H19BrN2O4. The van der Waals surface area contributed by atoms with Crippen LogP contribution < -0.4 is 10.6 Å². The summed E-state index contributed by atoms with van der Waals surface area (Å²) >= 11 is 3.63. The lowest BCUT2D eigenvalue weighted by Crippen LogP contribution is -2.40. The number of rotatable bonds is 4. The number of carbonyl (C=O) groups is 3. The Hall–Kier alpha value is -2.67. The number of carbonyl (C=O) groups excluding carboxylic acids is 3. The predicted octanol–water partition coefficient (Wildman–Crippen LogP) is 3.45. The Morgan fingerprint density at radius 1 is 0.966 bits per heavy atom. The van der Waals surface area contributed by atoms with E-state index in [2.05, 4.69) is 26.6 Å². The molecule has 29 heavy (non-hydrogen) atoms. The number of ether oxygens (including phenoxy) is 1. The number of fused-ring (bicyclic) bond motifs is 1. The van der Waals surface area contributed by atoms with Gasteiger partial charge in [-0.05, 0) is 42.7 Å². The molecule has 1 saturated heterocycles. The van der Waals surface area contributed by atoms with Gasteiger partial charge in [-0.25, -0.2) is 0 Å². The molecule has 5 rings (SSSR count). The number of hydrogen-bond acceptors (Lipinski definition) is 4. The molecule has 2 aromatic rings. The van der Waals surface area contributed by atoms with E-state index in [4.69, 9.17) is 4.74 Å². The molecule has 2 aliphatic carbocycles. The third-order valence-corrected chi connectivity index (χ3v) is 7.45. The summed E-state index contributed by atoms with van der Waals surface area (Å²) in [6.07, 6.45) is 0.737. The van der Waals surface area contributed by atoms with E-state index in [-0.39, 0.29) is 46.5 Å². The van der Waals surface area contributed by atoms with Crippen molar-refractivity contribution in [3.63, 3.8) is 0 Å². The molecule has 1 aliphatic heterocycles. The Labute approximate surface area is 176 Å². The van der Waals surface area contributed by atoms with Gasteiger partial charge in [0.05, 0.1) is 16.7 Å². The first-order valence-electron chi connectivity index (χ1n) is 9.65. The Bertz CT molecular complexity index is 995. The van der Waals surface area contributed by atoms with Crippen molar-refractivity contribution < 1.29 is 19.1 Å². The first-order valence-corrected chi connectivity index (χ1v) is 10.6. The molecular weight excluding hydrogens is 436 g/mol. The van der Waals surface area contributed by atoms with Crippen molar-refractivity contribution in [2.75, 3.05) is 10.6 Å². The minimum atomic E-state index is -0.391. The largest absolute Gasteiger partial charge is 0.461 e. The van der Waals surface area contributed by atoms with Crippen LogP contribution in [-0.4, -0.2) is 28.7 Å². The first-order chi connectivity index (χ1) is 14.0. The van der Waals surface area contributed by atoms with E-state index in [1.54, 1.807) is 48.5 Å². The zero-order chi connectivity index (χ0) is 20.1. The van der Waals surface area contributed by atoms with Crippen LogP contribution in [0.2, 0.25) is 0 Å². The van der Waals surface area contributed by atoms with Gasteiger partial charge >= 0.3 is 5.97 Å². The fourth-order valence-electron chi connectivity index (χ4n) is 5.02. The zero-order valence-electron chi connectivity index (χ0n) is 15.4. The number of hydrogen-bond donors (Lipinski definition) is 2. The van der Waals surface area contributed by atoms with Gasteiger partial charge in [0, 0.05) is 22.9 Å². The van der Waals surface area contributed by atoms with Gasteiger partial charge in [-0.15, -0.1) is 0 Å². The van der Waals surface area contributed by atoms with E-state index >= 15 is 0 Å². The van der Waals surface area contributed by atoms with Crippen molar-refractivity contribution in [2.45, 2.75) is 17.4 Å². The molecule has 3 aliphatic rings. The standard InChI is InChI=1S/C22H19BrN2O4/c23-18-14-10-15-17(22(28)29-19(15)18)16(14)21(27)25-13-8-4-7-12(9-13)24-20(26)11-5-2-1-3-6-11/h1-9,14-19H,10H2,(H,24,26)(H,25,27)/t14-,15-,16-,17-,18-,19+/m1/s1. The summed E-state index contributed by atoms with van der Waals surface area (Å²) in [7, 11) is 0. The minimum Gasteiger partial charge on any atom is -0.461 e. The van der Waals surface area contributed by atoms with Crippen LogP contribution >= 0.6 is 15.9 Å². The quantitative estimate of drug-likeness (QED) is 0.547. The molecule has 2 N–H and O–H groups in total. The fraction of sp³-hybridized carbons (Fsp3) is 0.318. The van der Waals surface area contributed by atoms with Crippen molar-refractivity contribution in [3.8, 4) is 0 Å². The number of anilines is 2. The third-order valence-electron chi connectivity index (χ3n) is 6.25. The molecule has 6 nitrogen and oxygen atoms in total. The Kier molecular flexibility index (Phi) is 4.42. The van der Waals surface area contributed by atoms with E-state index in [1.807, 2.05) is 6.07 Å². The number of alkyl halides is 1. The molecule has 3 fully saturated rings. The maximum Gasteiger partial charge on any atom is 0.310 e. The van der Waals surface area contributed by atoms with Gasteiger partial charge in [0.25, 0.3) is 5.91 Å². The molecule has 2 saturated carbocycles. The van der Waals surface area contributed by atoms with Crippen LogP contribution in [0.5, 0.6) is 0 Å². The second-order valence-corrected chi connectivity index (χ2v) is 8.91. The summed E-state index contributed by atoms with van der Waals surface area (Å²) < 4.78 is 5.47. The average Bonchev–Trinajstić information content (AvgIpc) is 3.33. The topological polar surface area (TPSA) is 84.5 Å². The molecule has 2 amide bonds. The molecule has 2 aromatic carbocycles. The van der Waals surface area contributed by atoms with Crippen LogP contribution in [0.15, 0.2) is 54.6 Å². The van der Waals surface area contributed by atoms with E-state index in [0.717, 1.165) is 6.42 Å². The number of nitrogens with one attached hydrogen (secondary N) is 2. The van der Waals surface area contributed by atoms with Crippen LogP contribution in [-0.2, 0) is 14.3 Å². The SMILES string of the molecule is O=C(Nc1cccc(NC(=O)[C@@H]2[C@H]3C[C@H]4[C@H](OC(=O)[C@H]42)[C@@H]3Br)c1)c1ccccc1. The van der Waals surface area contributed by atoms with Crippen LogP contribution in [0, 0.1) is 23.7 Å². The Morgan fingerprint density at radius 3 is 2.45 bits per heavy atom. The van der Waals surface area contributed by atoms with E-state index in [9.17, 15) is 14.4 Å². The molecule has 2 bridgehead atoms. The van der Waals surface area contributed by atoms with Gasteiger partial charge in [0.1, 0.15) is 6.10 Å². The van der Waals surface area contributed by atoms with E-state index in [0.29, 0.717) is 16.9 Å². The van der Waals surface area contributed by atoms with Crippen LogP contribution in [0.3, 0.4) is 0 Å². The maximum absolute atomic E-state index is 13.0. The summed E-state index contributed by atoms with van der Waals surface area (Å²) in [5, 5.41) is 5.76. The van der Waals surface area contributed by atoms with Crippen molar-refractivity contribution in [1.82, 2.24) is 0 Å². The van der Waals surface area contributed by atoms with Crippen molar-refractivity contribution in [2.24, 2.45) is 23.7 Å². The van der Waals surface area contributed by atoms with Gasteiger partial charge in [-0.3, -0.25) is 14.4 Å². The lowest BCUT2D eigenvalue weighted by molar-refractivity contribution is -0.145. The molecule has 7 heteroatoms. The van der Waals surface area contributed by atoms with Gasteiger partial charge in [0.15, 0.2) is 0 Å². The molecule has 1 heterocycles. The molecule has 0 unspecified atom stereocenters. The minimum absolute atomic E-state index is 0.0300. The Morgan fingerprint density at radius 2 is 1.69 bits per heavy atom. The highest BCUT2D eigenvalue weighted by molar-refractivity contribution is 9.09. The normalized spacial score (nSPS) is 31.4. The Balaban J connectivity index is 1.30. The molecule has 0 spiro atoms. The van der Waals surface area contributed by atoms with E-state index in [1.165, 1.54) is 0 Å². The highest BCUT2D eigenvalue weighted by Crippen LogP contribution is 2.60. The van der Waals surface area contributed by atoms with E-state index < -0.39 is 5.92 Å². The number of esters is 1. The lowest BCUT2D eigenvalue weighted by atomic mass is 9.79. The fourth-order valence-corrected chi connectivity index (χ4v) is 6.07. The number of benzene rings is 2. The molecule has 0 radical (unpaired) electrons. The summed E-state index contributed by atoms with van der Waals surface area (Å²) in [5.74, 6) is -1.15. The van der Waals surface area contributed by atoms with Crippen molar-refractivity contribution in [1.29, 1.82) is 0 Å². The number of halogens is 1. The summed E-state index contributed by atoms with van der Waals surface area (Å²) in [4.78, 5) is 37.6. The average molecular weight is 455 g/mol. The van der Waals surface area contributed by atoms with Crippen molar-refractivity contribution >= 4 is 45.1 Å². The predicted molar refractivity (Wildman–Crippen MR) is 111 cm³/mol. The highest BCUT2D eigenvalue weighted by Gasteiger charge is 2.67. The number of amides is 2. The second kappa shape index (κ2) is 6.99. The van der Waals surface area contributed by atoms with Crippen LogP contribution in [0.25, 0.3) is 0 Å². The lowest BCUT2D eigenvalue weighted by Gasteiger charge is -2.27. The van der Waals surface area contributed by atoms with Crippen LogP contribution in [0.1, 0.15) is 16.8 Å². The smallest absolute Gasteiger partial charge is 0.310 e. The van der Waals surface area contributed by atoms with Crippen LogP contribution in [0.4, 0.5) is 11.4 Å². The van der Waals surface area contributed by atoms with Gasteiger partial charge in [-0.2, -0.15) is 0 Å². The molecule has 148 valence electrons. The molecule has 6 atom stereocenters. The maximum atomic E-state index is 13.0. The molecule has 0 aromatic heterocycles. The highest BCUT2D eigenvalue weighted by atomic mass is 79.9. The van der Waals surface area contributed by atoms with Gasteiger partial charge < -0.3 is 15.4 Å². The van der Waals surface area contributed by atoms with Gasteiger partial charge in [0.2, 0.25) is 5.91 Å². The third kappa shape index (κ3) is 3.04. The first kappa shape index (κ1) is 18.4. The summed E-state index contributed by atoms with van der Waals surface area (Å²) in [6, 6.07) is 15.9. The summed E-state index contributed by atoms with van der Waals surface area (Å²) in [5.41, 5.74) is 1.72. The summed E-state index contributed by atoms with van der Waals surface area (Å²) in [6.45, 7) is 0. The van der Waals surface area contributed by atoms with Crippen molar-refractivity contribution in [3.05, 3.63) is 60.2 Å². The monoisotopic (exact) mass is 454 g/mol. The van der Waals surface area contributed by atoms with Gasteiger partial charge in [-0.1, -0.05) is 40.2 Å².